The summed E-state index contributed by atoms with van der Waals surface area (Å²) in [4.78, 5) is 10.1. The second-order valence-electron chi connectivity index (χ2n) is 3.33. The largest absolute Gasteiger partial charge is 0.277 e. The van der Waals surface area contributed by atoms with E-state index in [1.54, 1.807) is 14.2 Å². The Morgan fingerprint density at radius 1 is 1.20 bits per heavy atom. The van der Waals surface area contributed by atoms with Gasteiger partial charge in [-0.05, 0) is 31.0 Å². The van der Waals surface area contributed by atoms with E-state index in [9.17, 15) is 0 Å². The zero-order valence-corrected chi connectivity index (χ0v) is 9.99. The number of nitrogens with zero attached hydrogens (tertiary/aromatic N) is 1. The summed E-state index contributed by atoms with van der Waals surface area (Å²) in [6.07, 6.45) is 0.846. The minimum atomic E-state index is 0.154. The summed E-state index contributed by atoms with van der Waals surface area (Å²) < 4.78 is 0. The first kappa shape index (κ1) is 12.5. The maximum atomic E-state index is 5.81. The van der Waals surface area contributed by atoms with Crippen molar-refractivity contribution in [3.05, 3.63) is 34.9 Å². The van der Waals surface area contributed by atoms with E-state index < -0.39 is 0 Å². The lowest BCUT2D eigenvalue weighted by Gasteiger charge is -2.23. The molecule has 0 aliphatic heterocycles. The van der Waals surface area contributed by atoms with Crippen molar-refractivity contribution >= 4 is 11.6 Å². The Kier molecular flexibility index (Phi) is 5.05. The first-order valence-corrected chi connectivity index (χ1v) is 5.17. The number of benzene rings is 1. The van der Waals surface area contributed by atoms with Crippen LogP contribution >= 0.6 is 11.6 Å². The molecular formula is C11H16ClNO2. The third-order valence-corrected chi connectivity index (χ3v) is 2.42. The quantitative estimate of drug-likeness (QED) is 0.725. The van der Waals surface area contributed by atoms with Crippen LogP contribution < -0.4 is 0 Å². The highest BCUT2D eigenvalue weighted by Gasteiger charge is 2.13. The Bertz CT molecular complexity index is 285. The normalized spacial score (nSPS) is 13.1. The third-order valence-electron chi connectivity index (χ3n) is 2.16. The molecule has 4 heteroatoms. The SMILES string of the molecule is CON(OC)C(C)Cc1ccc(Cl)cc1. The van der Waals surface area contributed by atoms with Crippen LogP contribution in [0.1, 0.15) is 12.5 Å². The van der Waals surface area contributed by atoms with Crippen molar-refractivity contribution < 1.29 is 9.68 Å². The van der Waals surface area contributed by atoms with Gasteiger partial charge in [0.1, 0.15) is 0 Å². The van der Waals surface area contributed by atoms with Gasteiger partial charge in [-0.1, -0.05) is 29.0 Å². The van der Waals surface area contributed by atoms with E-state index in [1.807, 2.05) is 31.2 Å². The minimum absolute atomic E-state index is 0.154. The number of hydroxylamine groups is 2. The topological polar surface area (TPSA) is 21.7 Å². The first-order valence-electron chi connectivity index (χ1n) is 4.79. The average Bonchev–Trinajstić information content (AvgIpc) is 2.23. The summed E-state index contributed by atoms with van der Waals surface area (Å²) in [5, 5.41) is 2.22. The molecule has 1 aromatic rings. The van der Waals surface area contributed by atoms with Gasteiger partial charge in [0.05, 0.1) is 20.3 Å². The summed E-state index contributed by atoms with van der Waals surface area (Å²) in [7, 11) is 3.17. The summed E-state index contributed by atoms with van der Waals surface area (Å²) >= 11 is 5.81. The predicted molar refractivity (Wildman–Crippen MR) is 60.5 cm³/mol. The Hall–Kier alpha value is -0.610. The van der Waals surface area contributed by atoms with Crippen LogP contribution in [0, 0.1) is 0 Å². The molecule has 15 heavy (non-hydrogen) atoms. The van der Waals surface area contributed by atoms with Gasteiger partial charge in [0.2, 0.25) is 0 Å². The van der Waals surface area contributed by atoms with E-state index in [0.717, 1.165) is 11.4 Å². The molecule has 0 spiro atoms. The lowest BCUT2D eigenvalue weighted by atomic mass is 10.1. The van der Waals surface area contributed by atoms with Crippen molar-refractivity contribution in [2.75, 3.05) is 14.2 Å². The molecule has 1 unspecified atom stereocenters. The van der Waals surface area contributed by atoms with Gasteiger partial charge in [-0.2, -0.15) is 0 Å². The molecular weight excluding hydrogens is 214 g/mol. The molecule has 0 saturated heterocycles. The van der Waals surface area contributed by atoms with E-state index >= 15 is 0 Å². The summed E-state index contributed by atoms with van der Waals surface area (Å²) in [6, 6.07) is 7.92. The van der Waals surface area contributed by atoms with Crippen LogP contribution in [0.25, 0.3) is 0 Å². The van der Waals surface area contributed by atoms with Gasteiger partial charge in [-0.3, -0.25) is 9.68 Å². The summed E-state index contributed by atoms with van der Waals surface area (Å²) in [5.74, 6) is 0. The molecule has 0 aromatic heterocycles. The van der Waals surface area contributed by atoms with Crippen LogP contribution in [0.5, 0.6) is 0 Å². The van der Waals surface area contributed by atoms with Crippen molar-refractivity contribution in [1.29, 1.82) is 0 Å². The molecule has 0 bridgehead atoms. The van der Waals surface area contributed by atoms with Gasteiger partial charge in [0.25, 0.3) is 0 Å². The maximum Gasteiger partial charge on any atom is 0.0640 e. The van der Waals surface area contributed by atoms with Crippen molar-refractivity contribution in [2.45, 2.75) is 19.4 Å². The van der Waals surface area contributed by atoms with Gasteiger partial charge >= 0.3 is 0 Å². The lowest BCUT2D eigenvalue weighted by Crippen LogP contribution is -2.32. The fraction of sp³-hybridized carbons (Fsp3) is 0.455. The molecule has 0 fully saturated rings. The number of hydrogen-bond donors (Lipinski definition) is 0. The third kappa shape index (κ3) is 3.80. The zero-order chi connectivity index (χ0) is 11.3. The minimum Gasteiger partial charge on any atom is -0.277 e. The highest BCUT2D eigenvalue weighted by Crippen LogP contribution is 2.13. The van der Waals surface area contributed by atoms with E-state index in [1.165, 1.54) is 10.8 Å². The van der Waals surface area contributed by atoms with Crippen LogP contribution in [-0.2, 0) is 16.1 Å². The molecule has 0 aliphatic carbocycles. The Labute approximate surface area is 95.5 Å². The van der Waals surface area contributed by atoms with Gasteiger partial charge in [-0.15, -0.1) is 0 Å². The highest BCUT2D eigenvalue weighted by molar-refractivity contribution is 6.30. The Morgan fingerprint density at radius 2 is 1.73 bits per heavy atom. The van der Waals surface area contributed by atoms with Crippen molar-refractivity contribution in [3.63, 3.8) is 0 Å². The molecule has 1 aromatic carbocycles. The second-order valence-corrected chi connectivity index (χ2v) is 3.77. The van der Waals surface area contributed by atoms with Crippen molar-refractivity contribution in [2.24, 2.45) is 0 Å². The number of rotatable bonds is 5. The molecule has 84 valence electrons. The van der Waals surface area contributed by atoms with Gasteiger partial charge < -0.3 is 0 Å². The highest BCUT2D eigenvalue weighted by atomic mass is 35.5. The standard InChI is InChI=1S/C11H16ClNO2/c1-9(13(14-2)15-3)8-10-4-6-11(12)7-5-10/h4-7,9H,8H2,1-3H3. The number of hydrogen-bond acceptors (Lipinski definition) is 3. The van der Waals surface area contributed by atoms with Gasteiger partial charge in [0, 0.05) is 5.02 Å². The van der Waals surface area contributed by atoms with E-state index in [-0.39, 0.29) is 6.04 Å². The van der Waals surface area contributed by atoms with E-state index in [4.69, 9.17) is 21.3 Å². The van der Waals surface area contributed by atoms with Gasteiger partial charge in [0.15, 0.2) is 0 Å². The van der Waals surface area contributed by atoms with Crippen LogP contribution in [-0.4, -0.2) is 25.5 Å². The molecule has 0 aliphatic rings. The Morgan fingerprint density at radius 3 is 2.20 bits per heavy atom. The zero-order valence-electron chi connectivity index (χ0n) is 9.24. The van der Waals surface area contributed by atoms with Crippen LogP contribution in [0.4, 0.5) is 0 Å². The van der Waals surface area contributed by atoms with Crippen molar-refractivity contribution in [3.8, 4) is 0 Å². The van der Waals surface area contributed by atoms with Crippen LogP contribution in [0.3, 0.4) is 0 Å². The Balaban J connectivity index is 2.57. The first-order chi connectivity index (χ1) is 7.17. The molecule has 0 heterocycles. The van der Waals surface area contributed by atoms with E-state index in [0.29, 0.717) is 0 Å². The summed E-state index contributed by atoms with van der Waals surface area (Å²) in [6.45, 7) is 2.03. The van der Waals surface area contributed by atoms with E-state index in [2.05, 4.69) is 0 Å². The maximum absolute atomic E-state index is 5.81. The lowest BCUT2D eigenvalue weighted by molar-refractivity contribution is -0.361. The molecule has 1 atom stereocenters. The van der Waals surface area contributed by atoms with Gasteiger partial charge in [-0.25, -0.2) is 0 Å². The monoisotopic (exact) mass is 229 g/mol. The molecule has 0 radical (unpaired) electrons. The molecule has 0 N–H and O–H groups in total. The second kappa shape index (κ2) is 6.08. The van der Waals surface area contributed by atoms with Crippen LogP contribution in [0.2, 0.25) is 5.02 Å². The van der Waals surface area contributed by atoms with Crippen LogP contribution in [0.15, 0.2) is 24.3 Å². The smallest absolute Gasteiger partial charge is 0.0640 e. The molecule has 0 amide bonds. The van der Waals surface area contributed by atoms with Crippen molar-refractivity contribution in [1.82, 2.24) is 5.23 Å². The average molecular weight is 230 g/mol. The predicted octanol–water partition coefficient (Wildman–Crippen LogP) is 2.70. The molecule has 1 rings (SSSR count). The summed E-state index contributed by atoms with van der Waals surface area (Å²) in [5.41, 5.74) is 1.20. The molecule has 0 saturated carbocycles. The molecule has 3 nitrogen and oxygen atoms in total. The fourth-order valence-electron chi connectivity index (χ4n) is 1.47. The number of halogens is 1. The fourth-order valence-corrected chi connectivity index (χ4v) is 1.60.